The molecule has 0 bridgehead atoms. The molecule has 7 heteroatoms. The van der Waals surface area contributed by atoms with Crippen molar-refractivity contribution in [1.29, 1.82) is 5.26 Å². The minimum Gasteiger partial charge on any atom is -0.386 e. The van der Waals surface area contributed by atoms with Crippen LogP contribution in [0.2, 0.25) is 5.02 Å². The van der Waals surface area contributed by atoms with Crippen molar-refractivity contribution in [1.82, 2.24) is 5.32 Å². The Morgan fingerprint density at radius 2 is 2.09 bits per heavy atom. The molecule has 3 N–H and O–H groups in total. The SMILES string of the molecule is N#Cc1ccc(NC(=O)NC[C@H](O)c2ccccc2F)cc1Cl. The molecule has 2 aromatic carbocycles. The minimum absolute atomic E-state index is 0.106. The van der Waals surface area contributed by atoms with Crippen molar-refractivity contribution in [3.8, 4) is 6.07 Å². The molecular weight excluding hydrogens is 321 g/mol. The van der Waals surface area contributed by atoms with Crippen LogP contribution in [-0.4, -0.2) is 17.7 Å². The van der Waals surface area contributed by atoms with Crippen LogP contribution in [0.5, 0.6) is 0 Å². The molecule has 5 nitrogen and oxygen atoms in total. The molecule has 0 radical (unpaired) electrons. The molecule has 0 aliphatic heterocycles. The number of nitriles is 1. The van der Waals surface area contributed by atoms with Crippen molar-refractivity contribution >= 4 is 23.3 Å². The number of amides is 2. The van der Waals surface area contributed by atoms with E-state index in [4.69, 9.17) is 16.9 Å². The van der Waals surface area contributed by atoms with E-state index in [1.165, 1.54) is 36.4 Å². The van der Waals surface area contributed by atoms with Crippen molar-refractivity contribution in [2.75, 3.05) is 11.9 Å². The number of carbonyl (C=O) groups excluding carboxylic acids is 1. The number of nitrogens with zero attached hydrogens (tertiary/aromatic N) is 1. The second-order valence-corrected chi connectivity index (χ2v) is 5.09. The molecule has 0 fully saturated rings. The highest BCUT2D eigenvalue weighted by atomic mass is 35.5. The molecule has 0 heterocycles. The van der Waals surface area contributed by atoms with Crippen molar-refractivity contribution < 1.29 is 14.3 Å². The van der Waals surface area contributed by atoms with Gasteiger partial charge in [0.1, 0.15) is 11.9 Å². The summed E-state index contributed by atoms with van der Waals surface area (Å²) < 4.78 is 13.5. The molecule has 0 aliphatic carbocycles. The van der Waals surface area contributed by atoms with Crippen molar-refractivity contribution in [2.24, 2.45) is 0 Å². The Morgan fingerprint density at radius 3 is 2.74 bits per heavy atom. The average Bonchev–Trinajstić information content (AvgIpc) is 2.53. The molecule has 2 aromatic rings. The lowest BCUT2D eigenvalue weighted by molar-refractivity contribution is 0.170. The number of hydrogen-bond acceptors (Lipinski definition) is 3. The molecule has 0 aliphatic rings. The van der Waals surface area contributed by atoms with Crippen LogP contribution in [-0.2, 0) is 0 Å². The van der Waals surface area contributed by atoms with E-state index in [1.807, 2.05) is 6.07 Å². The largest absolute Gasteiger partial charge is 0.386 e. The number of nitrogens with one attached hydrogen (secondary N) is 2. The molecule has 0 saturated carbocycles. The monoisotopic (exact) mass is 333 g/mol. The summed E-state index contributed by atoms with van der Waals surface area (Å²) >= 11 is 5.86. The number of hydrogen-bond donors (Lipinski definition) is 3. The second-order valence-electron chi connectivity index (χ2n) is 4.68. The quantitative estimate of drug-likeness (QED) is 0.803. The van der Waals surface area contributed by atoms with E-state index in [-0.39, 0.29) is 17.1 Å². The molecule has 23 heavy (non-hydrogen) atoms. The van der Waals surface area contributed by atoms with Gasteiger partial charge in [0.15, 0.2) is 0 Å². The van der Waals surface area contributed by atoms with Crippen LogP contribution in [0.25, 0.3) is 0 Å². The lowest BCUT2D eigenvalue weighted by Gasteiger charge is -2.13. The third kappa shape index (κ3) is 4.42. The number of rotatable bonds is 4. The first kappa shape index (κ1) is 16.7. The number of urea groups is 1. The standard InChI is InChI=1S/C16H13ClFN3O2/c17-13-7-11(6-5-10(13)8-19)21-16(23)20-9-15(22)12-3-1-2-4-14(12)18/h1-7,15,22H,9H2,(H2,20,21,23)/t15-/m0/s1. The maximum absolute atomic E-state index is 13.5. The predicted molar refractivity (Wildman–Crippen MR) is 84.5 cm³/mol. The highest BCUT2D eigenvalue weighted by Gasteiger charge is 2.13. The smallest absolute Gasteiger partial charge is 0.319 e. The summed E-state index contributed by atoms with van der Waals surface area (Å²) in [5.41, 5.74) is 0.800. The van der Waals surface area contributed by atoms with Gasteiger partial charge in [-0.05, 0) is 24.3 Å². The molecule has 0 aromatic heterocycles. The first-order valence-corrected chi connectivity index (χ1v) is 7.06. The number of aliphatic hydroxyl groups excluding tert-OH is 1. The van der Waals surface area contributed by atoms with Gasteiger partial charge in [-0.2, -0.15) is 5.26 Å². The van der Waals surface area contributed by atoms with Crippen LogP contribution < -0.4 is 10.6 Å². The van der Waals surface area contributed by atoms with Crippen LogP contribution in [0.1, 0.15) is 17.2 Å². The fourth-order valence-electron chi connectivity index (χ4n) is 1.90. The number of benzene rings is 2. The van der Waals surface area contributed by atoms with Gasteiger partial charge in [0.05, 0.1) is 16.7 Å². The van der Waals surface area contributed by atoms with Gasteiger partial charge in [0.2, 0.25) is 0 Å². The summed E-state index contributed by atoms with van der Waals surface area (Å²) in [6.45, 7) is -0.156. The highest BCUT2D eigenvalue weighted by molar-refractivity contribution is 6.32. The summed E-state index contributed by atoms with van der Waals surface area (Å²) in [5.74, 6) is -0.541. The highest BCUT2D eigenvalue weighted by Crippen LogP contribution is 2.20. The van der Waals surface area contributed by atoms with Crippen LogP contribution in [0.15, 0.2) is 42.5 Å². The molecule has 2 rings (SSSR count). The van der Waals surface area contributed by atoms with Gasteiger partial charge < -0.3 is 15.7 Å². The number of aliphatic hydroxyl groups is 1. The van der Waals surface area contributed by atoms with Gasteiger partial charge in [-0.1, -0.05) is 29.8 Å². The average molecular weight is 334 g/mol. The Hall–Kier alpha value is -2.62. The lowest BCUT2D eigenvalue weighted by atomic mass is 10.1. The predicted octanol–water partition coefficient (Wildman–Crippen LogP) is 3.21. The summed E-state index contributed by atoms with van der Waals surface area (Å²) in [6.07, 6.45) is -1.16. The second kappa shape index (κ2) is 7.58. The Bertz CT molecular complexity index is 761. The summed E-state index contributed by atoms with van der Waals surface area (Å²) in [5, 5.41) is 23.8. The molecule has 118 valence electrons. The maximum Gasteiger partial charge on any atom is 0.319 e. The molecule has 0 spiro atoms. The first-order chi connectivity index (χ1) is 11.0. The van der Waals surface area contributed by atoms with Crippen molar-refractivity contribution in [3.63, 3.8) is 0 Å². The fraction of sp³-hybridized carbons (Fsp3) is 0.125. The van der Waals surface area contributed by atoms with Gasteiger partial charge in [-0.3, -0.25) is 0 Å². The van der Waals surface area contributed by atoms with Crippen LogP contribution in [0, 0.1) is 17.1 Å². The van der Waals surface area contributed by atoms with Crippen molar-refractivity contribution in [2.45, 2.75) is 6.10 Å². The Labute approximate surface area is 137 Å². The van der Waals surface area contributed by atoms with E-state index >= 15 is 0 Å². The third-order valence-electron chi connectivity index (χ3n) is 3.07. The lowest BCUT2D eigenvalue weighted by Crippen LogP contribution is -2.32. The van der Waals surface area contributed by atoms with E-state index < -0.39 is 18.0 Å². The third-order valence-corrected chi connectivity index (χ3v) is 3.38. The number of halogens is 2. The first-order valence-electron chi connectivity index (χ1n) is 6.68. The Kier molecular flexibility index (Phi) is 5.52. The van der Waals surface area contributed by atoms with Gasteiger partial charge in [-0.15, -0.1) is 0 Å². The molecule has 2 amide bonds. The zero-order valence-electron chi connectivity index (χ0n) is 11.9. The van der Waals surface area contributed by atoms with Gasteiger partial charge in [-0.25, -0.2) is 9.18 Å². The van der Waals surface area contributed by atoms with E-state index in [0.717, 1.165) is 0 Å². The van der Waals surface area contributed by atoms with Crippen LogP contribution in [0.3, 0.4) is 0 Å². The topological polar surface area (TPSA) is 85.2 Å². The van der Waals surface area contributed by atoms with E-state index in [0.29, 0.717) is 11.3 Å². The van der Waals surface area contributed by atoms with Gasteiger partial charge in [0.25, 0.3) is 0 Å². The Morgan fingerprint density at radius 1 is 1.35 bits per heavy atom. The molecular formula is C16H13ClFN3O2. The molecule has 1 atom stereocenters. The summed E-state index contributed by atoms with van der Waals surface area (Å²) in [6, 6.07) is 11.6. The molecule has 0 saturated heterocycles. The van der Waals surface area contributed by atoms with E-state index in [1.54, 1.807) is 6.07 Å². The number of carbonyl (C=O) groups is 1. The van der Waals surface area contributed by atoms with Crippen molar-refractivity contribution in [3.05, 3.63) is 64.4 Å². The van der Waals surface area contributed by atoms with Crippen LogP contribution in [0.4, 0.5) is 14.9 Å². The van der Waals surface area contributed by atoms with Crippen LogP contribution >= 0.6 is 11.6 Å². The summed E-state index contributed by atoms with van der Waals surface area (Å²) in [4.78, 5) is 11.8. The Balaban J connectivity index is 1.92. The van der Waals surface area contributed by atoms with E-state index in [2.05, 4.69) is 10.6 Å². The number of anilines is 1. The zero-order valence-corrected chi connectivity index (χ0v) is 12.6. The normalized spacial score (nSPS) is 11.4. The molecule has 0 unspecified atom stereocenters. The van der Waals surface area contributed by atoms with E-state index in [9.17, 15) is 14.3 Å². The fourth-order valence-corrected chi connectivity index (χ4v) is 2.13. The van der Waals surface area contributed by atoms with Gasteiger partial charge >= 0.3 is 6.03 Å². The maximum atomic E-state index is 13.5. The van der Waals surface area contributed by atoms with Gasteiger partial charge in [0, 0.05) is 17.8 Å². The zero-order chi connectivity index (χ0) is 16.8. The minimum atomic E-state index is -1.16. The summed E-state index contributed by atoms with van der Waals surface area (Å²) in [7, 11) is 0.